The molecule has 0 aromatic heterocycles. The van der Waals surface area contributed by atoms with Crippen LogP contribution in [-0.4, -0.2) is 31.1 Å². The molecule has 0 radical (unpaired) electrons. The average Bonchev–Trinajstić information content (AvgIpc) is 2.34. The summed E-state index contributed by atoms with van der Waals surface area (Å²) in [7, 11) is -3.10. The molecule has 1 saturated heterocycles. The van der Waals surface area contributed by atoms with Gasteiger partial charge in [-0.2, -0.15) is 9.57 Å². The molecule has 1 rings (SSSR count). The second-order valence-corrected chi connectivity index (χ2v) is 6.67. The van der Waals surface area contributed by atoms with E-state index in [0.29, 0.717) is 19.4 Å². The Hall–Kier alpha value is -0.600. The predicted molar refractivity (Wildman–Crippen MR) is 67.9 cm³/mol. The largest absolute Gasteiger partial charge is 0.214 e. The zero-order chi connectivity index (χ0) is 12.7. The van der Waals surface area contributed by atoms with E-state index in [1.165, 1.54) is 0 Å². The van der Waals surface area contributed by atoms with E-state index in [4.69, 9.17) is 5.26 Å². The van der Waals surface area contributed by atoms with Gasteiger partial charge in [-0.15, -0.1) is 0 Å². The molecule has 0 bridgehead atoms. The Labute approximate surface area is 105 Å². The lowest BCUT2D eigenvalue weighted by Gasteiger charge is -2.34. The minimum Gasteiger partial charge on any atom is -0.212 e. The summed E-state index contributed by atoms with van der Waals surface area (Å²) in [5.41, 5.74) is 0. The van der Waals surface area contributed by atoms with Gasteiger partial charge in [0.15, 0.2) is 0 Å². The van der Waals surface area contributed by atoms with Gasteiger partial charge in [0.05, 0.1) is 11.8 Å². The number of hydrogen-bond donors (Lipinski definition) is 0. The molecule has 0 aromatic carbocycles. The molecule has 0 amide bonds. The van der Waals surface area contributed by atoms with Gasteiger partial charge in [0.25, 0.3) is 0 Å². The average molecular weight is 258 g/mol. The summed E-state index contributed by atoms with van der Waals surface area (Å²) >= 11 is 0. The van der Waals surface area contributed by atoms with E-state index in [0.717, 1.165) is 32.1 Å². The van der Waals surface area contributed by atoms with Crippen molar-refractivity contribution in [1.82, 2.24) is 4.31 Å². The normalized spacial score (nSPS) is 22.2. The van der Waals surface area contributed by atoms with E-state index in [2.05, 4.69) is 6.07 Å². The maximum absolute atomic E-state index is 12.2. The second-order valence-electron chi connectivity index (χ2n) is 4.63. The number of rotatable bonds is 6. The monoisotopic (exact) mass is 258 g/mol. The zero-order valence-electron chi connectivity index (χ0n) is 10.6. The van der Waals surface area contributed by atoms with Crippen LogP contribution in [0.2, 0.25) is 0 Å². The summed E-state index contributed by atoms with van der Waals surface area (Å²) in [6.07, 6.45) is 5.70. The van der Waals surface area contributed by atoms with Crippen LogP contribution in [0.5, 0.6) is 0 Å². The van der Waals surface area contributed by atoms with Gasteiger partial charge in [0.2, 0.25) is 10.0 Å². The number of sulfonamides is 1. The van der Waals surface area contributed by atoms with Crippen molar-refractivity contribution in [2.45, 2.75) is 57.9 Å². The van der Waals surface area contributed by atoms with Gasteiger partial charge in [-0.3, -0.25) is 0 Å². The smallest absolute Gasteiger partial charge is 0.212 e. The van der Waals surface area contributed by atoms with Crippen molar-refractivity contribution in [1.29, 1.82) is 5.26 Å². The minimum atomic E-state index is -3.10. The highest BCUT2D eigenvalue weighted by molar-refractivity contribution is 7.89. The van der Waals surface area contributed by atoms with Gasteiger partial charge in [-0.05, 0) is 25.7 Å². The van der Waals surface area contributed by atoms with Gasteiger partial charge in [-0.1, -0.05) is 19.8 Å². The summed E-state index contributed by atoms with van der Waals surface area (Å²) in [4.78, 5) is 0. The number of unbranched alkanes of at least 4 members (excludes halogenated alkanes) is 1. The molecule has 0 N–H and O–H groups in total. The highest BCUT2D eigenvalue weighted by Crippen LogP contribution is 2.24. The maximum Gasteiger partial charge on any atom is 0.214 e. The molecule has 98 valence electrons. The molecule has 0 aromatic rings. The summed E-state index contributed by atoms with van der Waals surface area (Å²) in [5, 5.41) is 8.61. The third-order valence-corrected chi connectivity index (χ3v) is 5.28. The van der Waals surface area contributed by atoms with Crippen LogP contribution >= 0.6 is 0 Å². The first kappa shape index (κ1) is 14.5. The van der Waals surface area contributed by atoms with Crippen LogP contribution in [-0.2, 0) is 10.0 Å². The molecule has 0 aliphatic carbocycles. The molecule has 0 saturated carbocycles. The van der Waals surface area contributed by atoms with Crippen molar-refractivity contribution in [3.05, 3.63) is 0 Å². The Morgan fingerprint density at radius 3 is 2.82 bits per heavy atom. The summed E-state index contributed by atoms with van der Waals surface area (Å²) in [5.74, 6) is 0.257. The van der Waals surface area contributed by atoms with Gasteiger partial charge in [0, 0.05) is 19.0 Å². The summed E-state index contributed by atoms with van der Waals surface area (Å²) < 4.78 is 26.0. The first-order valence-electron chi connectivity index (χ1n) is 6.48. The number of hydrogen-bond acceptors (Lipinski definition) is 3. The van der Waals surface area contributed by atoms with E-state index in [1.807, 2.05) is 6.92 Å². The lowest BCUT2D eigenvalue weighted by molar-refractivity contribution is 0.242. The van der Waals surface area contributed by atoms with Crippen LogP contribution in [0.1, 0.15) is 51.9 Å². The van der Waals surface area contributed by atoms with E-state index in [1.54, 1.807) is 4.31 Å². The number of nitriles is 1. The van der Waals surface area contributed by atoms with Crippen molar-refractivity contribution in [3.63, 3.8) is 0 Å². The molecule has 1 fully saturated rings. The fourth-order valence-electron chi connectivity index (χ4n) is 2.30. The Morgan fingerprint density at radius 2 is 2.18 bits per heavy atom. The fraction of sp³-hybridized carbons (Fsp3) is 0.917. The lowest BCUT2D eigenvalue weighted by atomic mass is 10.0. The van der Waals surface area contributed by atoms with Crippen molar-refractivity contribution in [2.24, 2.45) is 0 Å². The maximum atomic E-state index is 12.2. The Balaban J connectivity index is 2.66. The number of nitrogens with zero attached hydrogens (tertiary/aromatic N) is 2. The highest BCUT2D eigenvalue weighted by Gasteiger charge is 2.31. The molecular formula is C12H22N2O2S. The molecule has 1 aliphatic rings. The molecule has 0 spiro atoms. The third kappa shape index (κ3) is 4.29. The highest BCUT2D eigenvalue weighted by atomic mass is 32.2. The zero-order valence-corrected chi connectivity index (χ0v) is 11.4. The van der Waals surface area contributed by atoms with E-state index < -0.39 is 10.0 Å². The van der Waals surface area contributed by atoms with Crippen molar-refractivity contribution < 1.29 is 8.42 Å². The molecule has 1 unspecified atom stereocenters. The molecule has 17 heavy (non-hydrogen) atoms. The topological polar surface area (TPSA) is 61.2 Å². The van der Waals surface area contributed by atoms with E-state index >= 15 is 0 Å². The van der Waals surface area contributed by atoms with Gasteiger partial charge >= 0.3 is 0 Å². The summed E-state index contributed by atoms with van der Waals surface area (Å²) in [6, 6.07) is 2.17. The molecule has 1 aliphatic heterocycles. The van der Waals surface area contributed by atoms with Gasteiger partial charge in [-0.25, -0.2) is 8.42 Å². The van der Waals surface area contributed by atoms with Crippen LogP contribution in [0.15, 0.2) is 0 Å². The first-order chi connectivity index (χ1) is 8.11. The van der Waals surface area contributed by atoms with Crippen LogP contribution in [0.25, 0.3) is 0 Å². The number of piperidine rings is 1. The molecule has 4 nitrogen and oxygen atoms in total. The third-order valence-electron chi connectivity index (χ3n) is 3.28. The minimum absolute atomic E-state index is 0.0604. The Morgan fingerprint density at radius 1 is 1.41 bits per heavy atom. The quantitative estimate of drug-likeness (QED) is 0.734. The Bertz CT molecular complexity index is 359. The van der Waals surface area contributed by atoms with Crippen LogP contribution in [0.4, 0.5) is 0 Å². The van der Waals surface area contributed by atoms with Crippen LogP contribution in [0, 0.1) is 11.3 Å². The standard InChI is InChI=1S/C12H22N2O2S/c1-2-3-11-17(15,16)14-10-5-4-7-12(14)8-6-9-13/h12H,2-8,10-11H2,1H3. The lowest BCUT2D eigenvalue weighted by Crippen LogP contribution is -2.44. The van der Waals surface area contributed by atoms with Crippen molar-refractivity contribution in [3.8, 4) is 6.07 Å². The second kappa shape index (κ2) is 6.97. The molecule has 1 atom stereocenters. The van der Waals surface area contributed by atoms with Crippen molar-refractivity contribution >= 4 is 10.0 Å². The van der Waals surface area contributed by atoms with Crippen LogP contribution in [0.3, 0.4) is 0 Å². The predicted octanol–water partition coefficient (Wildman–Crippen LogP) is 2.27. The molecule has 1 heterocycles. The van der Waals surface area contributed by atoms with Gasteiger partial charge < -0.3 is 0 Å². The summed E-state index contributed by atoms with van der Waals surface area (Å²) in [6.45, 7) is 2.64. The first-order valence-corrected chi connectivity index (χ1v) is 8.09. The van der Waals surface area contributed by atoms with Crippen molar-refractivity contribution in [2.75, 3.05) is 12.3 Å². The molecule has 5 heteroatoms. The van der Waals surface area contributed by atoms with Crippen LogP contribution < -0.4 is 0 Å². The molecular weight excluding hydrogens is 236 g/mol. The fourth-order valence-corrected chi connectivity index (χ4v) is 4.26. The van der Waals surface area contributed by atoms with Gasteiger partial charge in [0.1, 0.15) is 0 Å². The van der Waals surface area contributed by atoms with E-state index in [-0.39, 0.29) is 11.8 Å². The SMILES string of the molecule is CCCCS(=O)(=O)N1CCCCC1CCC#N. The Kier molecular flexibility index (Phi) is 5.93. The van der Waals surface area contributed by atoms with E-state index in [9.17, 15) is 8.42 Å².